The fourth-order valence-electron chi connectivity index (χ4n) is 2.46. The summed E-state index contributed by atoms with van der Waals surface area (Å²) in [5.74, 6) is -1.04. The summed E-state index contributed by atoms with van der Waals surface area (Å²) in [6, 6.07) is 12.1. The van der Waals surface area contributed by atoms with Crippen molar-refractivity contribution in [1.82, 2.24) is 0 Å². The number of aryl methyl sites for hydroxylation is 1. The van der Waals surface area contributed by atoms with Crippen molar-refractivity contribution >= 4 is 5.69 Å². The van der Waals surface area contributed by atoms with Gasteiger partial charge in [0, 0.05) is 25.3 Å². The number of hydrogen-bond acceptors (Lipinski definition) is 1. The first-order valence-corrected chi connectivity index (χ1v) is 7.52. The molecular formula is C19H23F2N. The first-order chi connectivity index (χ1) is 10.3. The molecule has 2 aromatic rings. The Bertz CT molecular complexity index is 612. The predicted octanol–water partition coefficient (Wildman–Crippen LogP) is 5.08. The Kier molecular flexibility index (Phi) is 4.84. The van der Waals surface area contributed by atoms with Crippen LogP contribution in [0.2, 0.25) is 0 Å². The minimum atomic E-state index is -0.519. The summed E-state index contributed by atoms with van der Waals surface area (Å²) in [5.41, 5.74) is 2.78. The lowest BCUT2D eigenvalue weighted by atomic mass is 9.81. The van der Waals surface area contributed by atoms with Crippen molar-refractivity contribution in [2.75, 3.05) is 18.5 Å². The fraction of sp³-hybridized carbons (Fsp3) is 0.368. The Balaban J connectivity index is 2.07. The lowest BCUT2D eigenvalue weighted by Crippen LogP contribution is -2.27. The Morgan fingerprint density at radius 2 is 1.50 bits per heavy atom. The van der Waals surface area contributed by atoms with Crippen molar-refractivity contribution in [3.8, 4) is 0 Å². The van der Waals surface area contributed by atoms with E-state index in [-0.39, 0.29) is 5.41 Å². The van der Waals surface area contributed by atoms with Gasteiger partial charge < -0.3 is 4.90 Å². The van der Waals surface area contributed by atoms with E-state index in [4.69, 9.17) is 0 Å². The summed E-state index contributed by atoms with van der Waals surface area (Å²) in [6.07, 6.45) is 0.806. The second kappa shape index (κ2) is 6.47. The highest BCUT2D eigenvalue weighted by Gasteiger charge is 2.22. The van der Waals surface area contributed by atoms with Gasteiger partial charge in [-0.05, 0) is 48.6 Å². The molecule has 2 rings (SSSR count). The molecule has 22 heavy (non-hydrogen) atoms. The van der Waals surface area contributed by atoms with Gasteiger partial charge in [0.15, 0.2) is 0 Å². The highest BCUT2D eigenvalue weighted by molar-refractivity contribution is 5.46. The lowest BCUT2D eigenvalue weighted by Gasteiger charge is -2.29. The molecule has 0 fully saturated rings. The van der Waals surface area contributed by atoms with Crippen molar-refractivity contribution in [2.24, 2.45) is 0 Å². The van der Waals surface area contributed by atoms with Crippen LogP contribution in [0.25, 0.3) is 0 Å². The van der Waals surface area contributed by atoms with Crippen LogP contribution in [0.4, 0.5) is 14.5 Å². The summed E-state index contributed by atoms with van der Waals surface area (Å²) in [4.78, 5) is 2.16. The summed E-state index contributed by atoms with van der Waals surface area (Å²) in [7, 11) is 2.03. The number of benzene rings is 2. The Morgan fingerprint density at radius 3 is 2.05 bits per heavy atom. The van der Waals surface area contributed by atoms with Gasteiger partial charge in [0.2, 0.25) is 0 Å². The molecule has 0 bridgehead atoms. The number of hydrogen-bond donors (Lipinski definition) is 0. The average Bonchev–Trinajstić information content (AvgIpc) is 2.44. The highest BCUT2D eigenvalue weighted by atomic mass is 19.1. The van der Waals surface area contributed by atoms with Gasteiger partial charge in [-0.15, -0.1) is 0 Å². The van der Waals surface area contributed by atoms with Gasteiger partial charge in [-0.3, -0.25) is 0 Å². The van der Waals surface area contributed by atoms with E-state index in [2.05, 4.69) is 36.1 Å². The van der Waals surface area contributed by atoms with Crippen molar-refractivity contribution in [1.29, 1.82) is 0 Å². The van der Waals surface area contributed by atoms with Crippen molar-refractivity contribution in [3.63, 3.8) is 0 Å². The maximum absolute atomic E-state index is 13.4. The first-order valence-electron chi connectivity index (χ1n) is 7.52. The molecule has 0 heterocycles. The summed E-state index contributed by atoms with van der Waals surface area (Å²) < 4.78 is 26.8. The van der Waals surface area contributed by atoms with Crippen LogP contribution in [-0.2, 0) is 5.41 Å². The van der Waals surface area contributed by atoms with Crippen LogP contribution < -0.4 is 4.90 Å². The van der Waals surface area contributed by atoms with Gasteiger partial charge in [0.25, 0.3) is 0 Å². The van der Waals surface area contributed by atoms with Gasteiger partial charge in [-0.1, -0.05) is 31.5 Å². The molecule has 0 saturated heterocycles. The molecule has 0 aliphatic rings. The zero-order valence-electron chi connectivity index (χ0n) is 13.7. The number of nitrogens with zero attached hydrogens (tertiary/aromatic N) is 1. The molecule has 3 heteroatoms. The van der Waals surface area contributed by atoms with Crippen LogP contribution in [0.5, 0.6) is 0 Å². The summed E-state index contributed by atoms with van der Waals surface area (Å²) >= 11 is 0. The molecule has 0 saturated carbocycles. The fourth-order valence-corrected chi connectivity index (χ4v) is 2.46. The average molecular weight is 303 g/mol. The molecule has 118 valence electrons. The molecule has 0 N–H and O–H groups in total. The van der Waals surface area contributed by atoms with E-state index in [1.165, 1.54) is 17.7 Å². The van der Waals surface area contributed by atoms with Crippen LogP contribution in [0, 0.1) is 18.6 Å². The van der Waals surface area contributed by atoms with Gasteiger partial charge >= 0.3 is 0 Å². The molecule has 0 aliphatic heterocycles. The Hall–Kier alpha value is -1.90. The molecule has 0 aromatic heterocycles. The van der Waals surface area contributed by atoms with Crippen LogP contribution >= 0.6 is 0 Å². The van der Waals surface area contributed by atoms with Crippen molar-refractivity contribution in [3.05, 3.63) is 65.2 Å². The Labute approximate surface area is 131 Å². The third-order valence-corrected chi connectivity index (χ3v) is 4.19. The maximum atomic E-state index is 13.4. The molecule has 0 atom stereocenters. The minimum absolute atomic E-state index is 0.290. The minimum Gasteiger partial charge on any atom is -0.375 e. The third kappa shape index (κ3) is 4.06. The normalized spacial score (nSPS) is 11.5. The van der Waals surface area contributed by atoms with Crippen LogP contribution in [0.3, 0.4) is 0 Å². The topological polar surface area (TPSA) is 3.24 Å². The molecule has 2 aromatic carbocycles. The zero-order valence-corrected chi connectivity index (χ0v) is 13.7. The molecule has 0 radical (unpaired) electrons. The van der Waals surface area contributed by atoms with E-state index in [0.717, 1.165) is 24.7 Å². The van der Waals surface area contributed by atoms with E-state index >= 15 is 0 Å². The summed E-state index contributed by atoms with van der Waals surface area (Å²) in [5, 5.41) is 0. The van der Waals surface area contributed by atoms with Gasteiger partial charge in [-0.25, -0.2) is 8.78 Å². The standard InChI is InChI=1S/C19H23F2N/c1-14-5-7-18(8-6-14)22(4)10-9-19(2,3)15-11-16(20)13-17(21)12-15/h5-8,11-13H,9-10H2,1-4H3. The highest BCUT2D eigenvalue weighted by Crippen LogP contribution is 2.29. The molecule has 1 nitrogen and oxygen atoms in total. The van der Waals surface area contributed by atoms with Crippen molar-refractivity contribution < 1.29 is 8.78 Å². The first kappa shape index (κ1) is 16.5. The number of halogens is 2. The lowest BCUT2D eigenvalue weighted by molar-refractivity contribution is 0.471. The number of rotatable bonds is 5. The molecule has 0 amide bonds. The quantitative estimate of drug-likeness (QED) is 0.744. The van der Waals surface area contributed by atoms with Gasteiger partial charge in [0.05, 0.1) is 0 Å². The van der Waals surface area contributed by atoms with Gasteiger partial charge in [0.1, 0.15) is 11.6 Å². The maximum Gasteiger partial charge on any atom is 0.126 e. The monoisotopic (exact) mass is 303 g/mol. The van der Waals surface area contributed by atoms with Crippen LogP contribution in [0.15, 0.2) is 42.5 Å². The van der Waals surface area contributed by atoms with E-state index in [1.807, 2.05) is 20.9 Å². The van der Waals surface area contributed by atoms with E-state index in [1.54, 1.807) is 0 Å². The van der Waals surface area contributed by atoms with Crippen molar-refractivity contribution in [2.45, 2.75) is 32.6 Å². The number of anilines is 1. The van der Waals surface area contributed by atoms with E-state index in [9.17, 15) is 8.78 Å². The predicted molar refractivity (Wildman–Crippen MR) is 88.5 cm³/mol. The SMILES string of the molecule is Cc1ccc(N(C)CCC(C)(C)c2cc(F)cc(F)c2)cc1. The summed E-state index contributed by atoms with van der Waals surface area (Å²) in [6.45, 7) is 6.91. The second-order valence-electron chi connectivity index (χ2n) is 6.55. The van der Waals surface area contributed by atoms with Crippen LogP contribution in [-0.4, -0.2) is 13.6 Å². The molecular weight excluding hydrogens is 280 g/mol. The molecule has 0 aliphatic carbocycles. The largest absolute Gasteiger partial charge is 0.375 e. The van der Waals surface area contributed by atoms with Gasteiger partial charge in [-0.2, -0.15) is 0 Å². The zero-order chi connectivity index (χ0) is 16.3. The third-order valence-electron chi connectivity index (χ3n) is 4.19. The van der Waals surface area contributed by atoms with E-state index < -0.39 is 11.6 Å². The van der Waals surface area contributed by atoms with E-state index in [0.29, 0.717) is 5.56 Å². The second-order valence-corrected chi connectivity index (χ2v) is 6.55. The smallest absolute Gasteiger partial charge is 0.126 e. The van der Waals surface area contributed by atoms with Crippen LogP contribution in [0.1, 0.15) is 31.4 Å². The Morgan fingerprint density at radius 1 is 0.955 bits per heavy atom. The molecule has 0 unspecified atom stereocenters. The molecule has 0 spiro atoms.